The molecule has 0 saturated carbocycles. The maximum atomic E-state index is 13.0. The minimum atomic E-state index is -0.406. The Morgan fingerprint density at radius 1 is 1.14 bits per heavy atom. The molecule has 1 aromatic heterocycles. The van der Waals surface area contributed by atoms with Gasteiger partial charge in [0.25, 0.3) is 0 Å². The number of rotatable bonds is 6. The van der Waals surface area contributed by atoms with Crippen LogP contribution in [-0.4, -0.2) is 23.4 Å². The molecule has 1 amide bonds. The van der Waals surface area contributed by atoms with E-state index in [2.05, 4.69) is 4.98 Å². The van der Waals surface area contributed by atoms with Gasteiger partial charge in [-0.2, -0.15) is 0 Å². The molecule has 1 aliphatic rings. The van der Waals surface area contributed by atoms with Gasteiger partial charge in [0.2, 0.25) is 5.91 Å². The van der Waals surface area contributed by atoms with Gasteiger partial charge in [-0.3, -0.25) is 9.59 Å². The number of nitrogens with zero attached hydrogens (tertiary/aromatic N) is 2. The summed E-state index contributed by atoms with van der Waals surface area (Å²) in [7, 11) is 0. The molecule has 1 fully saturated rings. The first-order valence-electron chi connectivity index (χ1n) is 9.40. The molecule has 1 aliphatic heterocycles. The maximum Gasteiger partial charge on any atom is 0.311 e. The van der Waals surface area contributed by atoms with E-state index >= 15 is 0 Å². The van der Waals surface area contributed by atoms with Crippen molar-refractivity contribution in [3.8, 4) is 17.1 Å². The van der Waals surface area contributed by atoms with Crippen LogP contribution in [0, 0.1) is 5.82 Å². The van der Waals surface area contributed by atoms with Gasteiger partial charge in [-0.25, -0.2) is 9.37 Å². The third-order valence-corrected chi connectivity index (χ3v) is 4.68. The molecule has 2 heterocycles. The topological polar surface area (TPSA) is 72.6 Å². The highest BCUT2D eigenvalue weighted by Gasteiger charge is 2.21. The van der Waals surface area contributed by atoms with E-state index in [1.54, 1.807) is 47.5 Å². The van der Waals surface area contributed by atoms with Crippen LogP contribution in [0.25, 0.3) is 11.3 Å². The lowest BCUT2D eigenvalue weighted by molar-refractivity contribution is -0.134. The van der Waals surface area contributed by atoms with E-state index < -0.39 is 5.97 Å². The van der Waals surface area contributed by atoms with Crippen molar-refractivity contribution in [2.24, 2.45) is 0 Å². The number of anilines is 1. The van der Waals surface area contributed by atoms with E-state index in [1.165, 1.54) is 12.1 Å². The average Bonchev–Trinajstić information content (AvgIpc) is 3.37. The molecule has 0 radical (unpaired) electrons. The van der Waals surface area contributed by atoms with Crippen molar-refractivity contribution in [3.05, 3.63) is 66.4 Å². The molecule has 7 heteroatoms. The normalized spacial score (nSPS) is 13.7. The molecule has 148 valence electrons. The standard InChI is InChI=1S/C22H19FN2O4/c23-16-5-3-15(4-6-16)19-14-24-20(29-19)11-12-22(27)28-18-9-7-17(8-10-18)25-13-1-2-21(25)26/h3-10,14H,1-2,11-13H2. The molecule has 0 atom stereocenters. The summed E-state index contributed by atoms with van der Waals surface area (Å²) in [5.41, 5.74) is 1.52. The van der Waals surface area contributed by atoms with Crippen molar-refractivity contribution >= 4 is 17.6 Å². The molecule has 0 bridgehead atoms. The Balaban J connectivity index is 1.30. The van der Waals surface area contributed by atoms with E-state index in [-0.39, 0.29) is 18.1 Å². The second-order valence-corrected chi connectivity index (χ2v) is 6.74. The number of halogens is 1. The summed E-state index contributed by atoms with van der Waals surface area (Å²) in [6.07, 6.45) is 3.38. The Morgan fingerprint density at radius 3 is 2.59 bits per heavy atom. The van der Waals surface area contributed by atoms with Crippen LogP contribution >= 0.6 is 0 Å². The predicted octanol–water partition coefficient (Wildman–Crippen LogP) is 4.15. The van der Waals surface area contributed by atoms with Gasteiger partial charge in [0.05, 0.1) is 12.6 Å². The summed E-state index contributed by atoms with van der Waals surface area (Å²) in [5.74, 6) is 0.725. The van der Waals surface area contributed by atoms with E-state index in [0.717, 1.165) is 12.1 Å². The van der Waals surface area contributed by atoms with Gasteiger partial charge in [-0.15, -0.1) is 0 Å². The van der Waals surface area contributed by atoms with Gasteiger partial charge in [0.1, 0.15) is 11.6 Å². The molecule has 0 spiro atoms. The van der Waals surface area contributed by atoms with Crippen molar-refractivity contribution in [3.63, 3.8) is 0 Å². The number of aromatic nitrogens is 1. The van der Waals surface area contributed by atoms with Crippen LogP contribution in [0.4, 0.5) is 10.1 Å². The zero-order chi connectivity index (χ0) is 20.2. The second-order valence-electron chi connectivity index (χ2n) is 6.74. The van der Waals surface area contributed by atoms with Gasteiger partial charge in [0.15, 0.2) is 11.7 Å². The summed E-state index contributed by atoms with van der Waals surface area (Å²) >= 11 is 0. The highest BCUT2D eigenvalue weighted by Crippen LogP contribution is 2.24. The van der Waals surface area contributed by atoms with Crippen molar-refractivity contribution < 1.29 is 23.1 Å². The van der Waals surface area contributed by atoms with E-state index in [4.69, 9.17) is 9.15 Å². The Morgan fingerprint density at radius 2 is 1.90 bits per heavy atom. The van der Waals surface area contributed by atoms with Gasteiger partial charge in [-0.05, 0) is 55.0 Å². The van der Waals surface area contributed by atoms with Gasteiger partial charge in [-0.1, -0.05) is 0 Å². The fourth-order valence-electron chi connectivity index (χ4n) is 3.18. The number of aryl methyl sites for hydroxylation is 1. The van der Waals surface area contributed by atoms with Crippen LogP contribution in [0.3, 0.4) is 0 Å². The van der Waals surface area contributed by atoms with Crippen molar-refractivity contribution in [2.75, 3.05) is 11.4 Å². The Kier molecular flexibility index (Phi) is 5.37. The summed E-state index contributed by atoms with van der Waals surface area (Å²) in [6, 6.07) is 12.8. The Hall–Kier alpha value is -3.48. The fourth-order valence-corrected chi connectivity index (χ4v) is 3.18. The summed E-state index contributed by atoms with van der Waals surface area (Å²) in [5, 5.41) is 0. The molecule has 6 nitrogen and oxygen atoms in total. The molecule has 3 aromatic rings. The first kappa shape index (κ1) is 18.9. The Bertz CT molecular complexity index is 1010. The predicted molar refractivity (Wildman–Crippen MR) is 104 cm³/mol. The van der Waals surface area contributed by atoms with E-state index in [9.17, 15) is 14.0 Å². The quantitative estimate of drug-likeness (QED) is 0.464. The Labute approximate surface area is 166 Å². The highest BCUT2D eigenvalue weighted by atomic mass is 19.1. The number of ether oxygens (including phenoxy) is 1. The summed E-state index contributed by atoms with van der Waals surface area (Å²) < 4.78 is 23.9. The number of esters is 1. The van der Waals surface area contributed by atoms with Crippen LogP contribution in [0.1, 0.15) is 25.2 Å². The van der Waals surface area contributed by atoms with Gasteiger partial charge < -0.3 is 14.1 Å². The second kappa shape index (κ2) is 8.26. The van der Waals surface area contributed by atoms with Gasteiger partial charge in [0, 0.05) is 30.6 Å². The smallest absolute Gasteiger partial charge is 0.311 e. The van der Waals surface area contributed by atoms with Crippen LogP contribution in [0.2, 0.25) is 0 Å². The zero-order valence-electron chi connectivity index (χ0n) is 15.6. The lowest BCUT2D eigenvalue weighted by atomic mass is 10.2. The molecule has 0 N–H and O–H groups in total. The van der Waals surface area contributed by atoms with Crippen molar-refractivity contribution in [1.82, 2.24) is 4.98 Å². The number of hydrogen-bond donors (Lipinski definition) is 0. The van der Waals surface area contributed by atoms with Crippen LogP contribution in [0.15, 0.2) is 59.1 Å². The zero-order valence-corrected chi connectivity index (χ0v) is 15.6. The molecule has 0 aliphatic carbocycles. The third-order valence-electron chi connectivity index (χ3n) is 4.68. The average molecular weight is 394 g/mol. The number of benzene rings is 2. The number of amides is 1. The number of carbonyl (C=O) groups is 2. The first-order chi connectivity index (χ1) is 14.1. The number of oxazole rings is 1. The lowest BCUT2D eigenvalue weighted by Crippen LogP contribution is -2.23. The van der Waals surface area contributed by atoms with E-state index in [1.807, 2.05) is 0 Å². The molecular weight excluding hydrogens is 375 g/mol. The van der Waals surface area contributed by atoms with Gasteiger partial charge >= 0.3 is 5.97 Å². The SMILES string of the molecule is O=C(CCc1ncc(-c2ccc(F)cc2)o1)Oc1ccc(N2CCCC2=O)cc1. The summed E-state index contributed by atoms with van der Waals surface area (Å²) in [6.45, 7) is 0.716. The largest absolute Gasteiger partial charge is 0.441 e. The molecule has 1 saturated heterocycles. The monoisotopic (exact) mass is 394 g/mol. The van der Waals surface area contributed by atoms with Crippen molar-refractivity contribution in [1.29, 1.82) is 0 Å². The minimum absolute atomic E-state index is 0.107. The van der Waals surface area contributed by atoms with E-state index in [0.29, 0.717) is 42.4 Å². The molecule has 0 unspecified atom stereocenters. The highest BCUT2D eigenvalue weighted by molar-refractivity contribution is 5.95. The molecular formula is C22H19FN2O4. The first-order valence-corrected chi connectivity index (χ1v) is 9.40. The third kappa shape index (κ3) is 4.51. The molecule has 29 heavy (non-hydrogen) atoms. The maximum absolute atomic E-state index is 13.0. The lowest BCUT2D eigenvalue weighted by Gasteiger charge is -2.15. The number of carbonyl (C=O) groups excluding carboxylic acids is 2. The number of hydrogen-bond acceptors (Lipinski definition) is 5. The van der Waals surface area contributed by atoms with Crippen LogP contribution < -0.4 is 9.64 Å². The molecule has 2 aromatic carbocycles. The van der Waals surface area contributed by atoms with Crippen molar-refractivity contribution in [2.45, 2.75) is 25.7 Å². The minimum Gasteiger partial charge on any atom is -0.441 e. The fraction of sp³-hybridized carbons (Fsp3) is 0.227. The van der Waals surface area contributed by atoms with Crippen LogP contribution in [-0.2, 0) is 16.0 Å². The molecule has 4 rings (SSSR count). The summed E-state index contributed by atoms with van der Waals surface area (Å²) in [4.78, 5) is 29.7. The van der Waals surface area contributed by atoms with Crippen LogP contribution in [0.5, 0.6) is 5.75 Å².